The van der Waals surface area contributed by atoms with E-state index in [-0.39, 0.29) is 46.1 Å². The molecule has 11 aromatic carbocycles. The SMILES string of the molecule is [2H]c1c([2H])c([2H])c(-c2ccc3c(c2)N(c2ccc(C#N)c(-n4c5ccc(C#N)cc5c5cc(C(C)(C)C)ccc54)c2)c2cc(C(C)(C)C)cc4c2B3c2ccc(-c3c([2H])c([2H])c([2H])c([2H])c3[2H])cc2N4c2c(-c3ccccc3)cc(C(C)(C)C)cc2-c2ccccc2)c([2H])c1[2H]. The third-order valence-corrected chi connectivity index (χ3v) is 17.2. The Hall–Kier alpha value is -10.1. The molecule has 0 aliphatic carbocycles. The van der Waals surface area contributed by atoms with E-state index < -0.39 is 48.4 Å². The van der Waals surface area contributed by atoms with Gasteiger partial charge in [-0.15, -0.1) is 0 Å². The molecule has 0 radical (unpaired) electrons. The number of hydrogen-bond acceptors (Lipinski definition) is 4. The van der Waals surface area contributed by atoms with Crippen LogP contribution in [-0.4, -0.2) is 11.3 Å². The summed E-state index contributed by atoms with van der Waals surface area (Å²) in [7, 11) is 0. The highest BCUT2D eigenvalue weighted by molar-refractivity contribution is 7.00. The summed E-state index contributed by atoms with van der Waals surface area (Å²) in [6.07, 6.45) is 0. The molecule has 14 rings (SSSR count). The van der Waals surface area contributed by atoms with Gasteiger partial charge in [0.15, 0.2) is 0 Å². The predicted molar refractivity (Wildman–Crippen MR) is 362 cm³/mol. The van der Waals surface area contributed by atoms with Crippen molar-refractivity contribution >= 4 is 79.0 Å². The first kappa shape index (κ1) is 43.5. The molecule has 0 N–H and O–H groups in total. The van der Waals surface area contributed by atoms with Crippen molar-refractivity contribution in [3.8, 4) is 62.3 Å². The van der Waals surface area contributed by atoms with Crippen molar-refractivity contribution < 1.29 is 13.7 Å². The topological polar surface area (TPSA) is 59.0 Å². The summed E-state index contributed by atoms with van der Waals surface area (Å²) >= 11 is 0. The number of rotatable bonds is 7. The lowest BCUT2D eigenvalue weighted by Crippen LogP contribution is -2.61. The zero-order valence-corrected chi connectivity index (χ0v) is 49.6. The van der Waals surface area contributed by atoms with Gasteiger partial charge in [-0.25, -0.2) is 0 Å². The van der Waals surface area contributed by atoms with Crippen molar-refractivity contribution in [2.75, 3.05) is 9.80 Å². The second kappa shape index (κ2) is 20.3. The van der Waals surface area contributed by atoms with Crippen LogP contribution in [0.2, 0.25) is 0 Å². The Balaban J connectivity index is 1.16. The summed E-state index contributed by atoms with van der Waals surface area (Å²) in [5.74, 6) is 0. The quantitative estimate of drug-likeness (QED) is 0.149. The molecule has 0 unspecified atom stereocenters. The number of anilines is 6. The highest BCUT2D eigenvalue weighted by atomic mass is 15.2. The van der Waals surface area contributed by atoms with E-state index in [9.17, 15) is 16.0 Å². The van der Waals surface area contributed by atoms with Gasteiger partial charge in [0.05, 0.1) is 53.3 Å². The van der Waals surface area contributed by atoms with Crippen LogP contribution in [0, 0.1) is 22.7 Å². The largest absolute Gasteiger partial charge is 0.311 e. The minimum atomic E-state index is -0.611. The fourth-order valence-electron chi connectivity index (χ4n) is 12.8. The summed E-state index contributed by atoms with van der Waals surface area (Å²) in [5.41, 5.74) is 16.5. The van der Waals surface area contributed by atoms with Gasteiger partial charge >= 0.3 is 0 Å². The van der Waals surface area contributed by atoms with E-state index in [1.807, 2.05) is 103 Å². The van der Waals surface area contributed by atoms with Crippen LogP contribution in [0.1, 0.15) is 104 Å². The molecule has 0 saturated heterocycles. The molecule has 6 heteroatoms. The minimum absolute atomic E-state index is 0.0231. The number of aromatic nitrogens is 1. The maximum atomic E-state index is 11.3. The second-order valence-electron chi connectivity index (χ2n) is 25.7. The van der Waals surface area contributed by atoms with E-state index in [2.05, 4.69) is 156 Å². The standard InChI is InChI=1S/C80H66BN5/c1-78(2,3)59-34-39-70-66(43-59)65-40-51(49-82)30-38-69(65)85(70)71-48-62(35-31-58(71)50-83)84-72-41-56(52-22-14-10-15-23-52)32-36-67(72)81-68-37-33-57(53-24-16-11-17-25-53)42-73(68)86(75-47-61(80(7,8)9)46-74(84)76(75)81)77-63(54-26-18-12-19-27-54)44-60(79(4,5)6)45-64(77)55-28-20-13-21-29-55/h10-48H,1-9H3/i10D,11D,14D,15D,16D,17D,22D,23D,24D,25D. The molecule has 1 aromatic heterocycles. The van der Waals surface area contributed by atoms with Crippen LogP contribution in [0.25, 0.3) is 72.0 Å². The molecule has 2 aliphatic heterocycles. The molecular weight excluding hydrogens is 1040 g/mol. The fraction of sp³-hybridized carbons (Fsp3) is 0.150. The lowest BCUT2D eigenvalue weighted by Gasteiger charge is -2.46. The Kier molecular flexibility index (Phi) is 10.3. The molecule has 0 saturated carbocycles. The first-order valence-corrected chi connectivity index (χ1v) is 29.1. The fourth-order valence-corrected chi connectivity index (χ4v) is 12.8. The Bertz CT molecular complexity index is 5300. The Morgan fingerprint density at radius 3 is 1.42 bits per heavy atom. The van der Waals surface area contributed by atoms with Gasteiger partial charge in [-0.1, -0.05) is 214 Å². The summed E-state index contributed by atoms with van der Waals surface area (Å²) in [6.45, 7) is 19.0. The van der Waals surface area contributed by atoms with Gasteiger partial charge in [0.25, 0.3) is 6.71 Å². The van der Waals surface area contributed by atoms with E-state index >= 15 is 0 Å². The van der Waals surface area contributed by atoms with Crippen molar-refractivity contribution in [3.63, 3.8) is 0 Å². The van der Waals surface area contributed by atoms with Gasteiger partial charge in [-0.2, -0.15) is 10.5 Å². The Labute approximate surface area is 520 Å². The van der Waals surface area contributed by atoms with Crippen LogP contribution < -0.4 is 26.2 Å². The molecule has 2 aliphatic rings. The smallest absolute Gasteiger partial charge is 0.252 e. The van der Waals surface area contributed by atoms with Crippen LogP contribution >= 0.6 is 0 Å². The highest BCUT2D eigenvalue weighted by Gasteiger charge is 2.45. The van der Waals surface area contributed by atoms with Crippen LogP contribution in [-0.2, 0) is 16.2 Å². The van der Waals surface area contributed by atoms with Crippen molar-refractivity contribution in [2.24, 2.45) is 0 Å². The van der Waals surface area contributed by atoms with Crippen molar-refractivity contribution in [2.45, 2.75) is 78.6 Å². The zero-order valence-electron chi connectivity index (χ0n) is 59.6. The lowest BCUT2D eigenvalue weighted by atomic mass is 9.33. The molecule has 12 aromatic rings. The first-order chi connectivity index (χ1) is 45.6. The van der Waals surface area contributed by atoms with Gasteiger partial charge in [-0.3, -0.25) is 0 Å². The number of benzene rings is 11. The minimum Gasteiger partial charge on any atom is -0.311 e. The maximum Gasteiger partial charge on any atom is 0.252 e. The highest BCUT2D eigenvalue weighted by Crippen LogP contribution is 2.53. The number of hydrogen-bond donors (Lipinski definition) is 0. The molecule has 0 spiro atoms. The molecule has 0 fully saturated rings. The number of nitriles is 2. The van der Waals surface area contributed by atoms with Gasteiger partial charge in [0.2, 0.25) is 0 Å². The van der Waals surface area contributed by atoms with Gasteiger partial charge in [0, 0.05) is 50.3 Å². The molecular formula is C80H66BN5. The third kappa shape index (κ3) is 8.99. The Morgan fingerprint density at radius 2 is 0.895 bits per heavy atom. The van der Waals surface area contributed by atoms with Gasteiger partial charge < -0.3 is 14.4 Å². The third-order valence-electron chi connectivity index (χ3n) is 17.2. The van der Waals surface area contributed by atoms with E-state index in [1.54, 1.807) is 6.07 Å². The van der Waals surface area contributed by atoms with Gasteiger partial charge in [0.1, 0.15) is 6.07 Å². The van der Waals surface area contributed by atoms with Crippen LogP contribution in [0.3, 0.4) is 0 Å². The number of nitrogens with zero attached hydrogens (tertiary/aromatic N) is 5. The number of fused-ring (bicyclic) bond motifs is 7. The lowest BCUT2D eigenvalue weighted by molar-refractivity contribution is 0.590. The molecule has 3 heterocycles. The van der Waals surface area contributed by atoms with E-state index in [0.29, 0.717) is 45.0 Å². The van der Waals surface area contributed by atoms with E-state index in [4.69, 9.17) is 8.22 Å². The van der Waals surface area contributed by atoms with Crippen molar-refractivity contribution in [3.05, 3.63) is 264 Å². The average Bonchev–Trinajstić information content (AvgIpc) is 0.820. The maximum absolute atomic E-state index is 11.3. The van der Waals surface area contributed by atoms with E-state index in [1.165, 1.54) is 0 Å². The van der Waals surface area contributed by atoms with Crippen LogP contribution in [0.5, 0.6) is 0 Å². The van der Waals surface area contributed by atoms with Gasteiger partial charge in [-0.05, 0) is 168 Å². The summed E-state index contributed by atoms with van der Waals surface area (Å²) in [6, 6.07) is 59.6. The average molecular weight is 1120 g/mol. The molecule has 86 heavy (non-hydrogen) atoms. The molecule has 414 valence electrons. The monoisotopic (exact) mass is 1120 g/mol. The van der Waals surface area contributed by atoms with Crippen LogP contribution in [0.4, 0.5) is 34.1 Å². The second-order valence-corrected chi connectivity index (χ2v) is 25.7. The van der Waals surface area contributed by atoms with Crippen LogP contribution in [0.15, 0.2) is 236 Å². The van der Waals surface area contributed by atoms with Crippen molar-refractivity contribution in [1.82, 2.24) is 4.57 Å². The summed E-state index contributed by atoms with van der Waals surface area (Å²) in [4.78, 5) is 4.51. The zero-order chi connectivity index (χ0) is 68.1. The molecule has 0 bridgehead atoms. The molecule has 0 atom stereocenters. The predicted octanol–water partition coefficient (Wildman–Crippen LogP) is 19.2. The summed E-state index contributed by atoms with van der Waals surface area (Å²) in [5, 5.41) is 23.4. The summed E-state index contributed by atoms with van der Waals surface area (Å²) < 4.78 is 92.6. The molecule has 0 amide bonds. The Morgan fingerprint density at radius 1 is 0.395 bits per heavy atom. The van der Waals surface area contributed by atoms with Crippen molar-refractivity contribution in [1.29, 1.82) is 10.5 Å². The molecule has 5 nitrogen and oxygen atoms in total. The first-order valence-electron chi connectivity index (χ1n) is 34.1. The normalized spacial score (nSPS) is 14.5. The van der Waals surface area contributed by atoms with E-state index in [0.717, 1.165) is 94.2 Å².